The van der Waals surface area contributed by atoms with Crippen LogP contribution in [-0.2, 0) is 11.3 Å². The summed E-state index contributed by atoms with van der Waals surface area (Å²) in [6.07, 6.45) is 3.16. The van der Waals surface area contributed by atoms with Crippen LogP contribution in [0.25, 0.3) is 16.7 Å². The van der Waals surface area contributed by atoms with Gasteiger partial charge in [0.25, 0.3) is 0 Å². The smallest absolute Gasteiger partial charge is 0.333 e. The zero-order valence-corrected chi connectivity index (χ0v) is 19.9. The van der Waals surface area contributed by atoms with Crippen LogP contribution in [0.15, 0.2) is 71.7 Å². The highest BCUT2D eigenvalue weighted by atomic mass is 16.5. The van der Waals surface area contributed by atoms with Crippen LogP contribution in [0.2, 0.25) is 0 Å². The van der Waals surface area contributed by atoms with Gasteiger partial charge in [-0.05, 0) is 62.2 Å². The van der Waals surface area contributed by atoms with Crippen LogP contribution in [0.3, 0.4) is 0 Å². The molecule has 9 heteroatoms. The monoisotopic (exact) mass is 482 g/mol. The Morgan fingerprint density at radius 3 is 2.61 bits per heavy atom. The molecule has 1 aliphatic heterocycles. The zero-order valence-electron chi connectivity index (χ0n) is 19.9. The zero-order chi connectivity index (χ0) is 25.2. The quantitative estimate of drug-likeness (QED) is 0.447. The normalized spacial score (nSPS) is 16.1. The maximum atomic E-state index is 13.7. The lowest BCUT2D eigenvalue weighted by Crippen LogP contribution is -2.42. The maximum absolute atomic E-state index is 13.7. The lowest BCUT2D eigenvalue weighted by molar-refractivity contribution is -0.134. The van der Waals surface area contributed by atoms with Gasteiger partial charge in [0.05, 0.1) is 17.3 Å². The number of carbonyl (C=O) groups excluding carboxylic acids is 1. The van der Waals surface area contributed by atoms with Gasteiger partial charge in [-0.2, -0.15) is 5.26 Å². The SMILES string of the molecule is CC(C#N)C(=O)N1CCC[C@H]1Cn1c(=O)n(-c2ccc(Oc3ccccc3)cc2)c2c(N)nccc21. The van der Waals surface area contributed by atoms with E-state index in [9.17, 15) is 14.9 Å². The van der Waals surface area contributed by atoms with Crippen molar-refractivity contribution >= 4 is 22.8 Å². The molecule has 1 amide bonds. The first-order valence-corrected chi connectivity index (χ1v) is 11.9. The maximum Gasteiger partial charge on any atom is 0.333 e. The van der Waals surface area contributed by atoms with Gasteiger partial charge in [0.1, 0.15) is 28.8 Å². The van der Waals surface area contributed by atoms with Crippen LogP contribution in [0.4, 0.5) is 5.82 Å². The van der Waals surface area contributed by atoms with Gasteiger partial charge in [0, 0.05) is 25.3 Å². The number of nitrogens with zero attached hydrogens (tertiary/aromatic N) is 5. The summed E-state index contributed by atoms with van der Waals surface area (Å²) in [5, 5.41) is 9.20. The molecule has 2 aromatic heterocycles. The van der Waals surface area contributed by atoms with Crippen molar-refractivity contribution in [3.05, 3.63) is 77.3 Å². The summed E-state index contributed by atoms with van der Waals surface area (Å²) in [5.41, 5.74) is 7.76. The first-order chi connectivity index (χ1) is 17.5. The number of anilines is 1. The number of likely N-dealkylation sites (tertiary alicyclic amines) is 1. The summed E-state index contributed by atoms with van der Waals surface area (Å²) >= 11 is 0. The molecule has 2 N–H and O–H groups in total. The molecule has 1 saturated heterocycles. The van der Waals surface area contributed by atoms with Crippen molar-refractivity contribution in [3.63, 3.8) is 0 Å². The van der Waals surface area contributed by atoms with Crippen LogP contribution >= 0.6 is 0 Å². The molecular formula is C27H26N6O3. The molecule has 0 radical (unpaired) electrons. The fourth-order valence-electron chi connectivity index (χ4n) is 4.76. The number of aromatic nitrogens is 3. The van der Waals surface area contributed by atoms with Crippen molar-refractivity contribution < 1.29 is 9.53 Å². The van der Waals surface area contributed by atoms with E-state index in [2.05, 4.69) is 4.98 Å². The van der Waals surface area contributed by atoms with E-state index in [0.29, 0.717) is 41.3 Å². The Hall–Kier alpha value is -4.58. The Labute approximate surface area is 208 Å². The number of fused-ring (bicyclic) bond motifs is 1. The van der Waals surface area contributed by atoms with Gasteiger partial charge in [-0.1, -0.05) is 18.2 Å². The number of para-hydroxylation sites is 1. The minimum atomic E-state index is -0.722. The van der Waals surface area contributed by atoms with E-state index in [0.717, 1.165) is 12.8 Å². The summed E-state index contributed by atoms with van der Waals surface area (Å²) in [6.45, 7) is 2.49. The van der Waals surface area contributed by atoms with Gasteiger partial charge >= 0.3 is 5.69 Å². The van der Waals surface area contributed by atoms with Crippen LogP contribution in [0, 0.1) is 17.2 Å². The van der Waals surface area contributed by atoms with E-state index in [-0.39, 0.29) is 23.5 Å². The van der Waals surface area contributed by atoms with Crippen molar-refractivity contribution in [3.8, 4) is 23.3 Å². The van der Waals surface area contributed by atoms with Gasteiger partial charge < -0.3 is 15.4 Å². The number of carbonyl (C=O) groups is 1. The second-order valence-corrected chi connectivity index (χ2v) is 8.88. The molecular weight excluding hydrogens is 456 g/mol. The summed E-state index contributed by atoms with van der Waals surface area (Å²) < 4.78 is 9.07. The van der Waals surface area contributed by atoms with Crippen molar-refractivity contribution in [2.45, 2.75) is 32.4 Å². The highest BCUT2D eigenvalue weighted by Gasteiger charge is 2.33. The molecule has 5 rings (SSSR count). The molecule has 0 aliphatic carbocycles. The van der Waals surface area contributed by atoms with E-state index in [4.69, 9.17) is 10.5 Å². The third-order valence-electron chi connectivity index (χ3n) is 6.56. The molecule has 1 aliphatic rings. The molecule has 1 fully saturated rings. The number of nitriles is 1. The minimum absolute atomic E-state index is 0.180. The molecule has 9 nitrogen and oxygen atoms in total. The number of rotatable bonds is 6. The van der Waals surface area contributed by atoms with Crippen molar-refractivity contribution in [2.24, 2.45) is 5.92 Å². The molecule has 36 heavy (non-hydrogen) atoms. The Bertz CT molecular complexity index is 1500. The van der Waals surface area contributed by atoms with Crippen LogP contribution < -0.4 is 16.2 Å². The number of imidazole rings is 1. The van der Waals surface area contributed by atoms with E-state index in [1.165, 1.54) is 0 Å². The first-order valence-electron chi connectivity index (χ1n) is 11.9. The van der Waals surface area contributed by atoms with Gasteiger partial charge in [-0.15, -0.1) is 0 Å². The average Bonchev–Trinajstić information content (AvgIpc) is 3.48. The number of nitrogens with two attached hydrogens (primary N) is 1. The highest BCUT2D eigenvalue weighted by molar-refractivity contribution is 5.87. The van der Waals surface area contributed by atoms with E-state index in [1.807, 2.05) is 36.4 Å². The fourth-order valence-corrected chi connectivity index (χ4v) is 4.76. The third-order valence-corrected chi connectivity index (χ3v) is 6.56. The second kappa shape index (κ2) is 9.58. The predicted octanol–water partition coefficient (Wildman–Crippen LogP) is 3.71. The molecule has 0 spiro atoms. The Morgan fingerprint density at radius 2 is 1.89 bits per heavy atom. The molecule has 3 heterocycles. The number of benzene rings is 2. The van der Waals surface area contributed by atoms with E-state index in [1.54, 1.807) is 57.5 Å². The average molecular weight is 483 g/mol. The van der Waals surface area contributed by atoms with Crippen molar-refractivity contribution in [2.75, 3.05) is 12.3 Å². The van der Waals surface area contributed by atoms with Crippen LogP contribution in [0.1, 0.15) is 19.8 Å². The Kier molecular flexibility index (Phi) is 6.17. The Balaban J connectivity index is 1.51. The topological polar surface area (TPSA) is 119 Å². The largest absolute Gasteiger partial charge is 0.457 e. The predicted molar refractivity (Wildman–Crippen MR) is 136 cm³/mol. The minimum Gasteiger partial charge on any atom is -0.457 e. The molecule has 0 bridgehead atoms. The number of ether oxygens (including phenoxy) is 1. The summed E-state index contributed by atoms with van der Waals surface area (Å²) in [5.74, 6) is 0.672. The summed E-state index contributed by atoms with van der Waals surface area (Å²) in [6, 6.07) is 20.2. The van der Waals surface area contributed by atoms with Crippen LogP contribution in [-0.4, -0.2) is 37.5 Å². The third kappa shape index (κ3) is 4.18. The molecule has 2 atom stereocenters. The molecule has 182 valence electrons. The molecule has 1 unspecified atom stereocenters. The second-order valence-electron chi connectivity index (χ2n) is 8.88. The number of hydrogen-bond acceptors (Lipinski definition) is 6. The molecule has 4 aromatic rings. The summed E-state index contributed by atoms with van der Waals surface area (Å²) in [7, 11) is 0. The number of pyridine rings is 1. The standard InChI is InChI=1S/C27H26N6O3/c1-18(16-28)26(34)31-15-5-6-20(31)17-32-23-13-14-30-25(29)24(23)33(27(32)35)19-9-11-22(12-10-19)36-21-7-3-2-4-8-21/h2-4,7-14,18,20H,5-6,15,17H2,1H3,(H2,29,30)/t18?,20-/m0/s1. The Morgan fingerprint density at radius 1 is 1.17 bits per heavy atom. The molecule has 2 aromatic carbocycles. The van der Waals surface area contributed by atoms with Gasteiger partial charge in [0.2, 0.25) is 5.91 Å². The van der Waals surface area contributed by atoms with Gasteiger partial charge in [-0.25, -0.2) is 9.78 Å². The first kappa shape index (κ1) is 23.2. The van der Waals surface area contributed by atoms with Crippen LogP contribution in [0.5, 0.6) is 11.5 Å². The van der Waals surface area contributed by atoms with E-state index >= 15 is 0 Å². The van der Waals surface area contributed by atoms with E-state index < -0.39 is 5.92 Å². The highest BCUT2D eigenvalue weighted by Crippen LogP contribution is 2.27. The number of hydrogen-bond donors (Lipinski definition) is 1. The fraction of sp³-hybridized carbons (Fsp3) is 0.259. The number of nitrogen functional groups attached to an aromatic ring is 1. The summed E-state index contributed by atoms with van der Waals surface area (Å²) in [4.78, 5) is 32.4. The van der Waals surface area contributed by atoms with Gasteiger partial charge in [0.15, 0.2) is 0 Å². The lowest BCUT2D eigenvalue weighted by atomic mass is 10.1. The number of amides is 1. The lowest BCUT2D eigenvalue weighted by Gasteiger charge is -2.26. The van der Waals surface area contributed by atoms with Gasteiger partial charge in [-0.3, -0.25) is 13.9 Å². The van der Waals surface area contributed by atoms with Crippen molar-refractivity contribution in [1.29, 1.82) is 5.26 Å². The molecule has 0 saturated carbocycles. The van der Waals surface area contributed by atoms with Crippen molar-refractivity contribution in [1.82, 2.24) is 19.0 Å².